The first-order valence-corrected chi connectivity index (χ1v) is 13.2. The summed E-state index contributed by atoms with van der Waals surface area (Å²) in [5.41, 5.74) is 3.00. The highest BCUT2D eigenvalue weighted by Gasteiger charge is 2.24. The van der Waals surface area contributed by atoms with Crippen molar-refractivity contribution in [2.75, 3.05) is 44.7 Å². The Morgan fingerprint density at radius 1 is 1.03 bits per heavy atom. The molecule has 0 bridgehead atoms. The summed E-state index contributed by atoms with van der Waals surface area (Å²) < 4.78 is 13.1. The molecule has 3 heterocycles. The highest BCUT2D eigenvalue weighted by molar-refractivity contribution is 5.95. The zero-order valence-electron chi connectivity index (χ0n) is 21.2. The van der Waals surface area contributed by atoms with Crippen molar-refractivity contribution in [3.8, 4) is 22.9 Å². The van der Waals surface area contributed by atoms with Crippen LogP contribution < -0.4 is 15.4 Å². The average Bonchev–Trinajstić information content (AvgIpc) is 3.67. The minimum absolute atomic E-state index is 0.0386. The number of nitrogens with zero attached hydrogens (tertiary/aromatic N) is 5. The third-order valence-electron chi connectivity index (χ3n) is 6.71. The molecule has 2 aromatic carbocycles. The average molecular weight is 514 g/mol. The number of carbonyl (C=O) groups excluding carboxylic acids is 1. The van der Waals surface area contributed by atoms with Crippen molar-refractivity contribution in [2.45, 2.75) is 25.3 Å². The molecule has 0 radical (unpaired) electrons. The lowest BCUT2D eigenvalue weighted by molar-refractivity contribution is 0.0378. The van der Waals surface area contributed by atoms with E-state index in [0.29, 0.717) is 29.0 Å². The molecule has 1 aliphatic carbocycles. The molecular weight excluding hydrogens is 482 g/mol. The van der Waals surface area contributed by atoms with Gasteiger partial charge in [0.05, 0.1) is 19.4 Å². The Hall–Kier alpha value is -4.02. The van der Waals surface area contributed by atoms with Crippen molar-refractivity contribution >= 4 is 17.5 Å². The van der Waals surface area contributed by atoms with Crippen LogP contribution in [-0.2, 0) is 4.74 Å². The van der Waals surface area contributed by atoms with Gasteiger partial charge in [0.1, 0.15) is 5.75 Å². The van der Waals surface area contributed by atoms with Gasteiger partial charge in [0.15, 0.2) is 5.65 Å². The molecule has 1 aliphatic heterocycles. The molecule has 2 aromatic heterocycles. The molecule has 2 aliphatic rings. The Labute approximate surface area is 221 Å². The van der Waals surface area contributed by atoms with Crippen molar-refractivity contribution in [2.24, 2.45) is 0 Å². The van der Waals surface area contributed by atoms with E-state index in [1.54, 1.807) is 10.7 Å². The number of rotatable bonds is 10. The quantitative estimate of drug-likeness (QED) is 0.310. The van der Waals surface area contributed by atoms with E-state index in [0.717, 1.165) is 69.8 Å². The third-order valence-corrected chi connectivity index (χ3v) is 6.71. The number of hydrogen-bond donors (Lipinski definition) is 2. The van der Waals surface area contributed by atoms with E-state index in [-0.39, 0.29) is 11.9 Å². The minimum atomic E-state index is -0.0386. The Morgan fingerprint density at radius 3 is 2.58 bits per heavy atom. The molecule has 0 unspecified atom stereocenters. The zero-order chi connectivity index (χ0) is 25.7. The van der Waals surface area contributed by atoms with Gasteiger partial charge >= 0.3 is 6.01 Å². The smallest absolute Gasteiger partial charge is 0.327 e. The van der Waals surface area contributed by atoms with Crippen LogP contribution in [0.1, 0.15) is 29.6 Å². The first-order valence-electron chi connectivity index (χ1n) is 13.2. The molecule has 196 valence electrons. The lowest BCUT2D eigenvalue weighted by atomic mass is 10.1. The van der Waals surface area contributed by atoms with Gasteiger partial charge in [-0.05, 0) is 55.6 Å². The van der Waals surface area contributed by atoms with Gasteiger partial charge in [0.2, 0.25) is 5.95 Å². The van der Waals surface area contributed by atoms with Crippen LogP contribution in [0.5, 0.6) is 11.8 Å². The van der Waals surface area contributed by atoms with E-state index in [1.807, 2.05) is 54.6 Å². The van der Waals surface area contributed by atoms with Crippen LogP contribution in [-0.4, -0.2) is 75.8 Å². The fourth-order valence-electron chi connectivity index (χ4n) is 4.44. The standard InChI is InChI=1S/C28H31N7O3/c36-26(31-22-11-12-22)21-9-7-20(8-10-21)24-19-30-35-25(24)32-28(38-23-5-2-1-3-6-23)33-27(35)29-13-4-14-34-15-17-37-18-16-34/h1-3,5-10,19,22H,4,11-18H2,(H,31,36)(H,29,32,33). The van der Waals surface area contributed by atoms with Crippen molar-refractivity contribution < 1.29 is 14.3 Å². The fraction of sp³-hybridized carbons (Fsp3) is 0.357. The van der Waals surface area contributed by atoms with Gasteiger partial charge in [0.25, 0.3) is 5.91 Å². The summed E-state index contributed by atoms with van der Waals surface area (Å²) in [7, 11) is 0. The van der Waals surface area contributed by atoms with Gasteiger partial charge in [-0.15, -0.1) is 0 Å². The van der Waals surface area contributed by atoms with Crippen LogP contribution in [0.3, 0.4) is 0 Å². The van der Waals surface area contributed by atoms with Gasteiger partial charge in [0, 0.05) is 36.8 Å². The highest BCUT2D eigenvalue weighted by Crippen LogP contribution is 2.28. The number of aromatic nitrogens is 4. The van der Waals surface area contributed by atoms with Crippen LogP contribution in [0.4, 0.5) is 5.95 Å². The number of hydrogen-bond acceptors (Lipinski definition) is 8. The van der Waals surface area contributed by atoms with Gasteiger partial charge in [-0.25, -0.2) is 0 Å². The molecule has 10 heteroatoms. The second-order valence-electron chi connectivity index (χ2n) is 9.60. The van der Waals surface area contributed by atoms with Crippen molar-refractivity contribution in [3.05, 3.63) is 66.4 Å². The van der Waals surface area contributed by atoms with Crippen molar-refractivity contribution in [3.63, 3.8) is 0 Å². The Bertz CT molecular complexity index is 1380. The van der Waals surface area contributed by atoms with E-state index in [9.17, 15) is 4.79 Å². The Balaban J connectivity index is 1.24. The summed E-state index contributed by atoms with van der Waals surface area (Å²) in [5.74, 6) is 1.18. The van der Waals surface area contributed by atoms with E-state index in [1.165, 1.54) is 0 Å². The highest BCUT2D eigenvalue weighted by atomic mass is 16.5. The predicted molar refractivity (Wildman–Crippen MR) is 144 cm³/mol. The second-order valence-corrected chi connectivity index (χ2v) is 9.60. The zero-order valence-corrected chi connectivity index (χ0v) is 21.2. The Morgan fingerprint density at radius 2 is 1.82 bits per heavy atom. The second kappa shape index (κ2) is 11.2. The maximum absolute atomic E-state index is 12.4. The Kier molecular flexibility index (Phi) is 7.14. The number of morpholine rings is 1. The van der Waals surface area contributed by atoms with Crippen molar-refractivity contribution in [1.29, 1.82) is 0 Å². The summed E-state index contributed by atoms with van der Waals surface area (Å²) >= 11 is 0. The van der Waals surface area contributed by atoms with Crippen LogP contribution in [0.15, 0.2) is 60.8 Å². The first-order chi connectivity index (χ1) is 18.7. The van der Waals surface area contributed by atoms with E-state index < -0.39 is 0 Å². The molecule has 0 atom stereocenters. The topological polar surface area (TPSA) is 106 Å². The van der Waals surface area contributed by atoms with Gasteiger partial charge in [-0.1, -0.05) is 30.3 Å². The number of nitrogens with one attached hydrogen (secondary N) is 2. The monoisotopic (exact) mass is 513 g/mol. The van der Waals surface area contributed by atoms with Crippen LogP contribution in [0.2, 0.25) is 0 Å². The minimum Gasteiger partial charge on any atom is -0.424 e. The summed E-state index contributed by atoms with van der Waals surface area (Å²) in [5, 5.41) is 11.0. The van der Waals surface area contributed by atoms with Crippen LogP contribution in [0.25, 0.3) is 16.8 Å². The van der Waals surface area contributed by atoms with Crippen LogP contribution in [0, 0.1) is 0 Å². The van der Waals surface area contributed by atoms with E-state index >= 15 is 0 Å². The summed E-state index contributed by atoms with van der Waals surface area (Å²) in [6.07, 6.45) is 4.85. The molecule has 1 amide bonds. The number of ether oxygens (including phenoxy) is 2. The number of amides is 1. The van der Waals surface area contributed by atoms with Gasteiger partial charge < -0.3 is 20.1 Å². The molecule has 4 aromatic rings. The van der Waals surface area contributed by atoms with Gasteiger partial charge in [-0.3, -0.25) is 9.69 Å². The fourth-order valence-corrected chi connectivity index (χ4v) is 4.44. The number of fused-ring (bicyclic) bond motifs is 1. The number of para-hydroxylation sites is 1. The maximum Gasteiger partial charge on any atom is 0.327 e. The first kappa shape index (κ1) is 24.3. The summed E-state index contributed by atoms with van der Waals surface area (Å²) in [6.45, 7) is 5.24. The molecule has 2 fully saturated rings. The number of anilines is 1. The molecule has 1 saturated carbocycles. The molecule has 1 saturated heterocycles. The number of benzene rings is 2. The normalized spacial score (nSPS) is 15.9. The molecular formula is C28H31N7O3. The lowest BCUT2D eigenvalue weighted by Crippen LogP contribution is -2.37. The summed E-state index contributed by atoms with van der Waals surface area (Å²) in [4.78, 5) is 24.1. The van der Waals surface area contributed by atoms with E-state index in [2.05, 4.69) is 25.6 Å². The van der Waals surface area contributed by atoms with Crippen LogP contribution >= 0.6 is 0 Å². The predicted octanol–water partition coefficient (Wildman–Crippen LogP) is 3.61. The lowest BCUT2D eigenvalue weighted by Gasteiger charge is -2.26. The summed E-state index contributed by atoms with van der Waals surface area (Å²) in [6, 6.07) is 17.6. The molecule has 6 rings (SSSR count). The maximum atomic E-state index is 12.4. The molecule has 38 heavy (non-hydrogen) atoms. The van der Waals surface area contributed by atoms with E-state index in [4.69, 9.17) is 14.5 Å². The number of carbonyl (C=O) groups is 1. The molecule has 0 spiro atoms. The third kappa shape index (κ3) is 5.76. The van der Waals surface area contributed by atoms with Crippen molar-refractivity contribution in [1.82, 2.24) is 29.8 Å². The largest absolute Gasteiger partial charge is 0.424 e. The van der Waals surface area contributed by atoms with Gasteiger partial charge in [-0.2, -0.15) is 19.6 Å². The molecule has 10 nitrogen and oxygen atoms in total. The SMILES string of the molecule is O=C(NC1CC1)c1ccc(-c2cnn3c(NCCCN4CCOCC4)nc(Oc4ccccc4)nc23)cc1. The molecule has 2 N–H and O–H groups in total.